The number of aromatic nitrogens is 2. The van der Waals surface area contributed by atoms with Crippen LogP contribution in [0.15, 0.2) is 261 Å². The Bertz CT molecular complexity index is 3670. The van der Waals surface area contributed by atoms with E-state index in [9.17, 15) is 0 Å². The van der Waals surface area contributed by atoms with Gasteiger partial charge in [0.05, 0.1) is 22.4 Å². The first-order valence-electron chi connectivity index (χ1n) is 22.8. The van der Waals surface area contributed by atoms with Crippen molar-refractivity contribution < 1.29 is 0 Å². The highest BCUT2D eigenvalue weighted by Crippen LogP contribution is 2.52. The van der Waals surface area contributed by atoms with E-state index < -0.39 is 0 Å². The Balaban J connectivity index is 1.21. The standard InChI is InChI=1S/C64H43N3/c1-6-22-46(23-7-1)59-57(52-36-34-44-20-16-18-28-50(44)42-52)58(53-37-35-45-21-17-19-29-51(45)43-53)60(47-24-8-2-9-25-47)64-63(59)65-61(48-26-10-3-11-27-48)62(66-64)49-38-40-56(41-39-49)67(54-30-12-4-13-31-54)55-32-14-5-15-33-55/h1-43H. The van der Waals surface area contributed by atoms with Crippen LogP contribution in [0.3, 0.4) is 0 Å². The summed E-state index contributed by atoms with van der Waals surface area (Å²) in [7, 11) is 0. The maximum Gasteiger partial charge on any atom is 0.0986 e. The minimum absolute atomic E-state index is 0.815. The summed E-state index contributed by atoms with van der Waals surface area (Å²) in [6.07, 6.45) is 0. The molecule has 0 N–H and O–H groups in total. The van der Waals surface area contributed by atoms with Crippen LogP contribution in [0.5, 0.6) is 0 Å². The van der Waals surface area contributed by atoms with Gasteiger partial charge in [-0.2, -0.15) is 0 Å². The van der Waals surface area contributed by atoms with Crippen LogP contribution in [0.4, 0.5) is 17.1 Å². The first-order valence-corrected chi connectivity index (χ1v) is 22.8. The molecular formula is C64H43N3. The van der Waals surface area contributed by atoms with E-state index in [2.05, 4.69) is 266 Å². The molecular weight excluding hydrogens is 811 g/mol. The van der Waals surface area contributed by atoms with Gasteiger partial charge in [0.1, 0.15) is 0 Å². The van der Waals surface area contributed by atoms with Crippen molar-refractivity contribution in [2.75, 3.05) is 4.90 Å². The van der Waals surface area contributed by atoms with Crippen LogP contribution in [0.2, 0.25) is 0 Å². The molecule has 0 aliphatic heterocycles. The monoisotopic (exact) mass is 853 g/mol. The minimum atomic E-state index is 0.815. The van der Waals surface area contributed by atoms with Gasteiger partial charge >= 0.3 is 0 Å². The van der Waals surface area contributed by atoms with Crippen molar-refractivity contribution in [2.45, 2.75) is 0 Å². The van der Waals surface area contributed by atoms with E-state index in [1.807, 2.05) is 0 Å². The summed E-state index contributed by atoms with van der Waals surface area (Å²) in [5.41, 5.74) is 17.2. The summed E-state index contributed by atoms with van der Waals surface area (Å²) >= 11 is 0. The van der Waals surface area contributed by atoms with E-state index in [1.54, 1.807) is 0 Å². The van der Waals surface area contributed by atoms with Crippen LogP contribution in [-0.2, 0) is 0 Å². The fourth-order valence-electron chi connectivity index (χ4n) is 9.68. The predicted octanol–water partition coefficient (Wildman–Crippen LogP) is 17.4. The van der Waals surface area contributed by atoms with Crippen LogP contribution in [-0.4, -0.2) is 9.97 Å². The Morgan fingerprint density at radius 1 is 0.224 bits per heavy atom. The summed E-state index contributed by atoms with van der Waals surface area (Å²) in [5.74, 6) is 0. The molecule has 1 aromatic heterocycles. The second-order valence-electron chi connectivity index (χ2n) is 16.9. The molecule has 0 fully saturated rings. The Morgan fingerprint density at radius 3 is 0.955 bits per heavy atom. The van der Waals surface area contributed by atoms with Gasteiger partial charge in [0.15, 0.2) is 0 Å². The van der Waals surface area contributed by atoms with Crippen LogP contribution in [0, 0.1) is 0 Å². The third-order valence-corrected chi connectivity index (χ3v) is 12.8. The third kappa shape index (κ3) is 7.39. The lowest BCUT2D eigenvalue weighted by atomic mass is 9.80. The van der Waals surface area contributed by atoms with Crippen molar-refractivity contribution in [3.05, 3.63) is 261 Å². The maximum atomic E-state index is 5.93. The van der Waals surface area contributed by atoms with Gasteiger partial charge in [0.25, 0.3) is 0 Å². The average Bonchev–Trinajstić information content (AvgIpc) is 3.41. The third-order valence-electron chi connectivity index (χ3n) is 12.8. The normalized spacial score (nSPS) is 11.3. The lowest BCUT2D eigenvalue weighted by Gasteiger charge is -2.26. The lowest BCUT2D eigenvalue weighted by molar-refractivity contribution is 1.27. The summed E-state index contributed by atoms with van der Waals surface area (Å²) in [6.45, 7) is 0. The quantitative estimate of drug-likeness (QED) is 0.145. The first kappa shape index (κ1) is 39.7. The Labute approximate surface area is 390 Å². The van der Waals surface area contributed by atoms with Crippen molar-refractivity contribution in [2.24, 2.45) is 0 Å². The topological polar surface area (TPSA) is 29.0 Å². The molecule has 0 bridgehead atoms. The van der Waals surface area contributed by atoms with E-state index >= 15 is 0 Å². The molecule has 3 nitrogen and oxygen atoms in total. The van der Waals surface area contributed by atoms with Crippen molar-refractivity contribution in [1.29, 1.82) is 0 Å². The number of hydrogen-bond donors (Lipinski definition) is 0. The van der Waals surface area contributed by atoms with E-state index in [0.717, 1.165) is 95.1 Å². The molecule has 0 unspecified atom stereocenters. The number of anilines is 3. The Hall–Kier alpha value is -8.92. The molecule has 3 heteroatoms. The predicted molar refractivity (Wildman–Crippen MR) is 282 cm³/mol. The molecule has 0 spiro atoms. The van der Waals surface area contributed by atoms with Crippen LogP contribution >= 0.6 is 0 Å². The van der Waals surface area contributed by atoms with Crippen LogP contribution in [0.1, 0.15) is 0 Å². The number of fused-ring (bicyclic) bond motifs is 3. The lowest BCUT2D eigenvalue weighted by Crippen LogP contribution is -2.09. The molecule has 12 rings (SSSR count). The van der Waals surface area contributed by atoms with Crippen LogP contribution < -0.4 is 4.90 Å². The highest BCUT2D eigenvalue weighted by atomic mass is 15.1. The average molecular weight is 854 g/mol. The molecule has 0 amide bonds. The van der Waals surface area contributed by atoms with E-state index in [4.69, 9.17) is 9.97 Å². The molecule has 67 heavy (non-hydrogen) atoms. The highest BCUT2D eigenvalue weighted by Gasteiger charge is 2.28. The number of hydrogen-bond acceptors (Lipinski definition) is 3. The molecule has 0 aliphatic rings. The summed E-state index contributed by atoms with van der Waals surface area (Å²) < 4.78 is 0. The maximum absolute atomic E-state index is 5.93. The number of nitrogens with zero attached hydrogens (tertiary/aromatic N) is 3. The van der Waals surface area contributed by atoms with E-state index in [1.165, 1.54) is 21.5 Å². The van der Waals surface area contributed by atoms with Crippen molar-refractivity contribution >= 4 is 49.6 Å². The van der Waals surface area contributed by atoms with E-state index in [0.29, 0.717) is 0 Å². The zero-order valence-corrected chi connectivity index (χ0v) is 36.7. The highest BCUT2D eigenvalue weighted by molar-refractivity contribution is 6.17. The zero-order chi connectivity index (χ0) is 44.5. The number of rotatable bonds is 9. The molecule has 0 saturated carbocycles. The number of benzene rings is 11. The van der Waals surface area contributed by atoms with Gasteiger partial charge in [-0.25, -0.2) is 9.97 Å². The van der Waals surface area contributed by atoms with Crippen LogP contribution in [0.25, 0.3) is 99.6 Å². The molecule has 1 heterocycles. The molecule has 12 aromatic rings. The number of para-hydroxylation sites is 2. The smallest absolute Gasteiger partial charge is 0.0986 e. The van der Waals surface area contributed by atoms with Gasteiger partial charge in [0, 0.05) is 50.4 Å². The Kier molecular flexibility index (Phi) is 10.2. The fraction of sp³-hybridized carbons (Fsp3) is 0. The SMILES string of the molecule is c1ccc(-c2nc3c(-c4ccccc4)c(-c4ccc5ccccc5c4)c(-c4ccc5ccccc5c4)c(-c4ccccc4)c3nc2-c2ccc(N(c3ccccc3)c3ccccc3)cc2)cc1. The van der Waals surface area contributed by atoms with Crippen molar-refractivity contribution in [1.82, 2.24) is 9.97 Å². The minimum Gasteiger partial charge on any atom is -0.311 e. The summed E-state index contributed by atoms with van der Waals surface area (Å²) in [5, 5.41) is 4.75. The Morgan fingerprint density at radius 2 is 0.537 bits per heavy atom. The summed E-state index contributed by atoms with van der Waals surface area (Å²) in [6, 6.07) is 92.9. The molecule has 0 aliphatic carbocycles. The van der Waals surface area contributed by atoms with Crippen molar-refractivity contribution in [3.8, 4) is 67.0 Å². The van der Waals surface area contributed by atoms with Gasteiger partial charge in [0.2, 0.25) is 0 Å². The zero-order valence-electron chi connectivity index (χ0n) is 36.7. The van der Waals surface area contributed by atoms with Gasteiger partial charge in [-0.1, -0.05) is 212 Å². The molecule has 314 valence electrons. The second-order valence-corrected chi connectivity index (χ2v) is 16.9. The first-order chi connectivity index (χ1) is 33.2. The molecule has 0 atom stereocenters. The summed E-state index contributed by atoms with van der Waals surface area (Å²) in [4.78, 5) is 14.1. The van der Waals surface area contributed by atoms with Gasteiger partial charge in [-0.15, -0.1) is 0 Å². The molecule has 0 saturated heterocycles. The van der Waals surface area contributed by atoms with Gasteiger partial charge in [-0.3, -0.25) is 0 Å². The second kappa shape index (κ2) is 17.2. The fourth-order valence-corrected chi connectivity index (χ4v) is 9.68. The molecule has 11 aromatic carbocycles. The van der Waals surface area contributed by atoms with E-state index in [-0.39, 0.29) is 0 Å². The van der Waals surface area contributed by atoms with Gasteiger partial charge < -0.3 is 4.90 Å². The van der Waals surface area contributed by atoms with Crippen molar-refractivity contribution in [3.63, 3.8) is 0 Å². The van der Waals surface area contributed by atoms with Gasteiger partial charge in [-0.05, 0) is 92.3 Å². The molecule has 0 radical (unpaired) electrons. The largest absolute Gasteiger partial charge is 0.311 e.